The maximum absolute atomic E-state index is 12.0. The molecule has 4 N–H and O–H groups in total. The van der Waals surface area contributed by atoms with Crippen molar-refractivity contribution in [1.29, 1.82) is 0 Å². The molecule has 4 nitrogen and oxygen atoms in total. The lowest BCUT2D eigenvalue weighted by molar-refractivity contribution is 0.249. The summed E-state index contributed by atoms with van der Waals surface area (Å²) in [7, 11) is 0. The third-order valence-electron chi connectivity index (χ3n) is 3.45. The fraction of sp³-hybridized carbons (Fsp3) is 0.235. The van der Waals surface area contributed by atoms with Crippen molar-refractivity contribution in [1.82, 2.24) is 5.32 Å². The topological polar surface area (TPSA) is 67.2 Å². The van der Waals surface area contributed by atoms with E-state index < -0.39 is 0 Å². The molecule has 2 rings (SSSR count). The maximum atomic E-state index is 12.0. The van der Waals surface area contributed by atoms with Crippen LogP contribution in [0.25, 0.3) is 0 Å². The molecule has 0 saturated carbocycles. The Bertz CT molecular complexity index is 608. The lowest BCUT2D eigenvalue weighted by Gasteiger charge is -2.17. The Labute approximate surface area is 125 Å². The number of amides is 2. The highest BCUT2D eigenvalue weighted by atomic mass is 16.2. The first-order valence-electron chi connectivity index (χ1n) is 7.02. The second kappa shape index (κ2) is 6.90. The van der Waals surface area contributed by atoms with Gasteiger partial charge in [0.1, 0.15) is 0 Å². The van der Waals surface area contributed by atoms with E-state index in [1.165, 1.54) is 0 Å². The second-order valence-corrected chi connectivity index (χ2v) is 5.08. The van der Waals surface area contributed by atoms with E-state index in [9.17, 15) is 4.79 Å². The van der Waals surface area contributed by atoms with Crippen molar-refractivity contribution in [2.75, 3.05) is 5.32 Å². The van der Waals surface area contributed by atoms with Crippen molar-refractivity contribution in [3.63, 3.8) is 0 Å². The van der Waals surface area contributed by atoms with Crippen LogP contribution in [0.5, 0.6) is 0 Å². The predicted molar refractivity (Wildman–Crippen MR) is 86.1 cm³/mol. The van der Waals surface area contributed by atoms with E-state index in [1.807, 2.05) is 62.4 Å². The van der Waals surface area contributed by atoms with Gasteiger partial charge in [-0.3, -0.25) is 0 Å². The highest BCUT2D eigenvalue weighted by Crippen LogP contribution is 2.17. The zero-order valence-corrected chi connectivity index (χ0v) is 12.4. The van der Waals surface area contributed by atoms with Gasteiger partial charge < -0.3 is 16.4 Å². The van der Waals surface area contributed by atoms with E-state index in [-0.39, 0.29) is 12.1 Å². The summed E-state index contributed by atoms with van der Waals surface area (Å²) in [6, 6.07) is 15.3. The Morgan fingerprint density at radius 3 is 2.43 bits per heavy atom. The lowest BCUT2D eigenvalue weighted by Crippen LogP contribution is -2.31. The maximum Gasteiger partial charge on any atom is 0.319 e. The van der Waals surface area contributed by atoms with Gasteiger partial charge in [-0.2, -0.15) is 0 Å². The number of anilines is 1. The summed E-state index contributed by atoms with van der Waals surface area (Å²) in [6.07, 6.45) is 0. The molecule has 0 bridgehead atoms. The minimum atomic E-state index is -0.216. The van der Waals surface area contributed by atoms with Crippen molar-refractivity contribution >= 4 is 11.7 Å². The van der Waals surface area contributed by atoms with Gasteiger partial charge in [0.25, 0.3) is 0 Å². The van der Waals surface area contributed by atoms with Gasteiger partial charge in [0.2, 0.25) is 0 Å². The van der Waals surface area contributed by atoms with Crippen molar-refractivity contribution in [2.45, 2.75) is 26.4 Å². The molecule has 110 valence electrons. The number of nitrogens with one attached hydrogen (secondary N) is 2. The minimum absolute atomic E-state index is 0.0467. The van der Waals surface area contributed by atoms with Gasteiger partial charge >= 0.3 is 6.03 Å². The summed E-state index contributed by atoms with van der Waals surface area (Å²) < 4.78 is 0. The third kappa shape index (κ3) is 4.07. The van der Waals surface area contributed by atoms with Crippen LogP contribution in [0.2, 0.25) is 0 Å². The molecule has 4 heteroatoms. The summed E-state index contributed by atoms with van der Waals surface area (Å²) in [5.74, 6) is 0. The standard InChI is InChI=1S/C17H21N3O/c1-12-5-3-4-6-16(12)13(2)19-17(21)20-15-9-7-14(11-18)8-10-15/h3-10,13H,11,18H2,1-2H3,(H2,19,20,21). The Morgan fingerprint density at radius 1 is 1.14 bits per heavy atom. The molecular formula is C17H21N3O. The van der Waals surface area contributed by atoms with Crippen LogP contribution in [0.4, 0.5) is 10.5 Å². The van der Waals surface area contributed by atoms with E-state index in [0.29, 0.717) is 6.54 Å². The van der Waals surface area contributed by atoms with E-state index >= 15 is 0 Å². The zero-order valence-electron chi connectivity index (χ0n) is 12.4. The quantitative estimate of drug-likeness (QED) is 0.805. The normalized spacial score (nSPS) is 11.8. The van der Waals surface area contributed by atoms with Gasteiger partial charge in [-0.25, -0.2) is 4.79 Å². The number of aryl methyl sites for hydroxylation is 1. The average Bonchev–Trinajstić information content (AvgIpc) is 2.48. The molecule has 1 unspecified atom stereocenters. The smallest absolute Gasteiger partial charge is 0.319 e. The van der Waals surface area contributed by atoms with E-state index in [0.717, 1.165) is 22.4 Å². The molecule has 0 spiro atoms. The van der Waals surface area contributed by atoms with Crippen molar-refractivity contribution in [3.05, 3.63) is 65.2 Å². The van der Waals surface area contributed by atoms with Gasteiger partial charge in [0.15, 0.2) is 0 Å². The Balaban J connectivity index is 1.96. The van der Waals surface area contributed by atoms with E-state index in [4.69, 9.17) is 5.73 Å². The van der Waals surface area contributed by atoms with Crippen molar-refractivity contribution < 1.29 is 4.79 Å². The summed E-state index contributed by atoms with van der Waals surface area (Å²) in [6.45, 7) is 4.51. The van der Waals surface area contributed by atoms with Crippen LogP contribution in [-0.2, 0) is 6.54 Å². The summed E-state index contributed by atoms with van der Waals surface area (Å²) in [5.41, 5.74) is 9.62. The molecule has 0 aromatic heterocycles. The van der Waals surface area contributed by atoms with Crippen LogP contribution in [-0.4, -0.2) is 6.03 Å². The SMILES string of the molecule is Cc1ccccc1C(C)NC(=O)Nc1ccc(CN)cc1. The number of carbonyl (C=O) groups is 1. The van der Waals surface area contributed by atoms with Crippen molar-refractivity contribution in [3.8, 4) is 0 Å². The van der Waals surface area contributed by atoms with E-state index in [1.54, 1.807) is 0 Å². The molecule has 0 aliphatic heterocycles. The fourth-order valence-electron chi connectivity index (χ4n) is 2.24. The summed E-state index contributed by atoms with van der Waals surface area (Å²) >= 11 is 0. The van der Waals surface area contributed by atoms with Gasteiger partial charge in [-0.1, -0.05) is 36.4 Å². The number of benzene rings is 2. The highest BCUT2D eigenvalue weighted by molar-refractivity contribution is 5.89. The van der Waals surface area contributed by atoms with Crippen LogP contribution in [0.15, 0.2) is 48.5 Å². The largest absolute Gasteiger partial charge is 0.331 e. The highest BCUT2D eigenvalue weighted by Gasteiger charge is 2.11. The molecule has 2 aromatic carbocycles. The lowest BCUT2D eigenvalue weighted by atomic mass is 10.0. The van der Waals surface area contributed by atoms with Crippen LogP contribution in [0, 0.1) is 6.92 Å². The first-order chi connectivity index (χ1) is 10.1. The van der Waals surface area contributed by atoms with Crippen LogP contribution in [0.1, 0.15) is 29.7 Å². The first-order valence-corrected chi connectivity index (χ1v) is 7.02. The van der Waals surface area contributed by atoms with Gasteiger partial charge in [-0.05, 0) is 42.7 Å². The zero-order chi connectivity index (χ0) is 15.2. The molecule has 0 aliphatic rings. The number of rotatable bonds is 4. The molecule has 2 amide bonds. The van der Waals surface area contributed by atoms with Crippen LogP contribution >= 0.6 is 0 Å². The Hall–Kier alpha value is -2.33. The number of urea groups is 1. The second-order valence-electron chi connectivity index (χ2n) is 5.08. The Morgan fingerprint density at radius 2 is 1.81 bits per heavy atom. The Kier molecular flexibility index (Phi) is 4.95. The summed E-state index contributed by atoms with van der Waals surface area (Å²) in [4.78, 5) is 12.0. The molecule has 0 fully saturated rings. The predicted octanol–water partition coefficient (Wildman–Crippen LogP) is 3.34. The average molecular weight is 283 g/mol. The van der Waals surface area contributed by atoms with Crippen LogP contribution < -0.4 is 16.4 Å². The number of hydrogen-bond acceptors (Lipinski definition) is 2. The van der Waals surface area contributed by atoms with Gasteiger partial charge in [0, 0.05) is 12.2 Å². The van der Waals surface area contributed by atoms with Crippen molar-refractivity contribution in [2.24, 2.45) is 5.73 Å². The minimum Gasteiger partial charge on any atom is -0.331 e. The molecule has 1 atom stereocenters. The molecule has 0 saturated heterocycles. The van der Waals surface area contributed by atoms with E-state index in [2.05, 4.69) is 10.6 Å². The molecular weight excluding hydrogens is 262 g/mol. The first kappa shape index (κ1) is 15.1. The number of nitrogens with two attached hydrogens (primary N) is 1. The molecule has 21 heavy (non-hydrogen) atoms. The van der Waals surface area contributed by atoms with Crippen LogP contribution in [0.3, 0.4) is 0 Å². The van der Waals surface area contributed by atoms with Gasteiger partial charge in [-0.15, -0.1) is 0 Å². The van der Waals surface area contributed by atoms with Gasteiger partial charge in [0.05, 0.1) is 6.04 Å². The fourth-order valence-corrected chi connectivity index (χ4v) is 2.24. The molecule has 2 aromatic rings. The number of hydrogen-bond donors (Lipinski definition) is 3. The number of carbonyl (C=O) groups excluding carboxylic acids is 1. The molecule has 0 aliphatic carbocycles. The molecule has 0 heterocycles. The summed E-state index contributed by atoms with van der Waals surface area (Å²) in [5, 5.41) is 5.76. The third-order valence-corrected chi connectivity index (χ3v) is 3.45. The monoisotopic (exact) mass is 283 g/mol. The molecule has 0 radical (unpaired) electrons.